The van der Waals surface area contributed by atoms with Crippen LogP contribution in [0.3, 0.4) is 0 Å². The molecule has 5 heteroatoms. The van der Waals surface area contributed by atoms with Gasteiger partial charge in [-0.05, 0) is 69.1 Å². The number of hydrogen-bond acceptors (Lipinski definition) is 4. The van der Waals surface area contributed by atoms with E-state index in [2.05, 4.69) is 46.0 Å². The van der Waals surface area contributed by atoms with Gasteiger partial charge in [-0.3, -0.25) is 4.79 Å². The van der Waals surface area contributed by atoms with Crippen LogP contribution < -0.4 is 10.1 Å². The number of allylic oxidation sites excluding steroid dienone is 1. The number of nitrogens with one attached hydrogen (secondary N) is 1. The molecule has 34 heavy (non-hydrogen) atoms. The molecule has 3 aliphatic rings. The largest absolute Gasteiger partial charge is 0.508 e. The van der Waals surface area contributed by atoms with Crippen molar-refractivity contribution in [1.29, 1.82) is 0 Å². The second kappa shape index (κ2) is 9.56. The Labute approximate surface area is 205 Å². The molecule has 1 aliphatic heterocycles. The number of ether oxygens (including phenoxy) is 1. The lowest BCUT2D eigenvalue weighted by Gasteiger charge is -2.47. The van der Waals surface area contributed by atoms with Crippen LogP contribution >= 0.6 is 0 Å². The molecular weight excluding hydrogens is 426 g/mol. The van der Waals surface area contributed by atoms with Gasteiger partial charge in [0.2, 0.25) is 5.91 Å². The van der Waals surface area contributed by atoms with Gasteiger partial charge in [-0.15, -0.1) is 0 Å². The van der Waals surface area contributed by atoms with Gasteiger partial charge in [-0.25, -0.2) is 0 Å². The van der Waals surface area contributed by atoms with E-state index >= 15 is 0 Å². The molecule has 3 N–H and O–H groups in total. The van der Waals surface area contributed by atoms with Gasteiger partial charge in [-0.1, -0.05) is 52.5 Å². The molecule has 1 amide bonds. The molecule has 2 atom stereocenters. The van der Waals surface area contributed by atoms with Crippen molar-refractivity contribution in [2.45, 2.75) is 121 Å². The lowest BCUT2D eigenvalue weighted by Crippen LogP contribution is -2.49. The monoisotopic (exact) mass is 469 g/mol. The molecule has 188 valence electrons. The molecule has 0 unspecified atom stereocenters. The molecule has 1 aromatic carbocycles. The number of aromatic hydroxyl groups is 1. The highest BCUT2D eigenvalue weighted by atomic mass is 16.5. The lowest BCUT2D eigenvalue weighted by molar-refractivity contribution is -0.120. The molecule has 0 saturated heterocycles. The fraction of sp³-hybridized carbons (Fsp3) is 0.690. The maximum Gasteiger partial charge on any atom is 0.247 e. The summed E-state index contributed by atoms with van der Waals surface area (Å²) < 4.78 is 6.53. The van der Waals surface area contributed by atoms with Crippen molar-refractivity contribution in [3.8, 4) is 11.5 Å². The number of amides is 1. The molecule has 0 aromatic heterocycles. The van der Waals surface area contributed by atoms with Gasteiger partial charge in [0.1, 0.15) is 17.1 Å². The third-order valence-corrected chi connectivity index (χ3v) is 8.48. The minimum Gasteiger partial charge on any atom is -0.508 e. The number of fused-ring (bicyclic) bond motifs is 3. The van der Waals surface area contributed by atoms with Crippen molar-refractivity contribution >= 4 is 5.91 Å². The lowest BCUT2D eigenvalue weighted by atomic mass is 9.66. The fourth-order valence-electron chi connectivity index (χ4n) is 6.09. The van der Waals surface area contributed by atoms with Gasteiger partial charge in [0.05, 0.1) is 6.10 Å². The van der Waals surface area contributed by atoms with Crippen LogP contribution in [-0.4, -0.2) is 33.9 Å². The van der Waals surface area contributed by atoms with Crippen molar-refractivity contribution in [1.82, 2.24) is 5.32 Å². The number of aliphatic hydroxyl groups excluding tert-OH is 1. The van der Waals surface area contributed by atoms with Crippen LogP contribution in [0.2, 0.25) is 0 Å². The van der Waals surface area contributed by atoms with Gasteiger partial charge >= 0.3 is 0 Å². The smallest absolute Gasteiger partial charge is 0.247 e. The number of aliphatic hydroxyl groups is 1. The highest BCUT2D eigenvalue weighted by molar-refractivity contribution is 5.94. The molecule has 4 rings (SSSR count). The van der Waals surface area contributed by atoms with Crippen molar-refractivity contribution in [3.63, 3.8) is 0 Å². The minimum atomic E-state index is -0.384. The van der Waals surface area contributed by atoms with Crippen LogP contribution in [0, 0.1) is 5.92 Å². The summed E-state index contributed by atoms with van der Waals surface area (Å²) in [6, 6.07) is 4.14. The second-order valence-electron chi connectivity index (χ2n) is 12.0. The highest BCUT2D eigenvalue weighted by Gasteiger charge is 2.47. The van der Waals surface area contributed by atoms with Gasteiger partial charge < -0.3 is 20.3 Å². The first kappa shape index (κ1) is 25.1. The fourth-order valence-corrected chi connectivity index (χ4v) is 6.09. The van der Waals surface area contributed by atoms with Gasteiger partial charge in [0.15, 0.2) is 0 Å². The number of hydrogen-bond donors (Lipinski definition) is 3. The molecule has 1 aromatic rings. The number of unbranched alkanes of at least 4 members (excludes halogenated alkanes) is 3. The zero-order valence-corrected chi connectivity index (χ0v) is 21.6. The summed E-state index contributed by atoms with van der Waals surface area (Å²) in [5.41, 5.74) is 2.32. The predicted molar refractivity (Wildman–Crippen MR) is 135 cm³/mol. The van der Waals surface area contributed by atoms with Crippen LogP contribution in [0.1, 0.15) is 109 Å². The topological polar surface area (TPSA) is 78.8 Å². The molecular formula is C29H43NO4. The first-order valence-electron chi connectivity index (χ1n) is 13.3. The van der Waals surface area contributed by atoms with Gasteiger partial charge in [0.25, 0.3) is 0 Å². The maximum atomic E-state index is 12.9. The molecule has 0 bridgehead atoms. The number of phenolic OH excluding ortho intramolecular Hbond substituents is 1. The first-order valence-corrected chi connectivity index (χ1v) is 13.3. The summed E-state index contributed by atoms with van der Waals surface area (Å²) in [6.07, 6.45) is 10.3. The highest BCUT2D eigenvalue weighted by Crippen LogP contribution is 2.55. The normalized spacial score (nSPS) is 27.5. The Morgan fingerprint density at radius 2 is 1.94 bits per heavy atom. The minimum absolute atomic E-state index is 0.0366. The standard InChI is InChI=1S/C29H43NO4/c1-6-7-8-9-12-28(2,3)19-14-24(32)26-22-13-18(27(33)30-20-16-21(31)17-20)10-11-23(22)29(4,5)34-25(26)15-19/h10,14-15,20-23,31-32H,6-9,11-13,16-17H2,1-5H3,(H,30,33)/t20?,21?,22-,23-/m1/s1. The molecule has 1 saturated carbocycles. The van der Waals surface area contributed by atoms with Crippen LogP contribution in [0.25, 0.3) is 0 Å². The van der Waals surface area contributed by atoms with Crippen molar-refractivity contribution in [2.24, 2.45) is 5.92 Å². The van der Waals surface area contributed by atoms with E-state index in [0.29, 0.717) is 25.0 Å². The number of phenols is 1. The van der Waals surface area contributed by atoms with Crippen LogP contribution in [0.15, 0.2) is 23.8 Å². The summed E-state index contributed by atoms with van der Waals surface area (Å²) in [6.45, 7) is 11.0. The summed E-state index contributed by atoms with van der Waals surface area (Å²) >= 11 is 0. The SMILES string of the molecule is CCCCCCC(C)(C)c1cc(O)c2c(c1)OC(C)(C)[C@@H]1CC=C(C(=O)NC3CC(O)C3)C[C@@H]21. The number of rotatable bonds is 8. The van der Waals surface area contributed by atoms with Gasteiger partial charge in [0, 0.05) is 29.0 Å². The number of carbonyl (C=O) groups excluding carboxylic acids is 1. The average Bonchev–Trinajstić information content (AvgIpc) is 2.74. The number of benzene rings is 1. The molecule has 5 nitrogen and oxygen atoms in total. The maximum absolute atomic E-state index is 12.9. The Morgan fingerprint density at radius 3 is 2.62 bits per heavy atom. The Morgan fingerprint density at radius 1 is 1.21 bits per heavy atom. The van der Waals surface area contributed by atoms with Crippen LogP contribution in [-0.2, 0) is 10.2 Å². The zero-order chi connectivity index (χ0) is 24.7. The van der Waals surface area contributed by atoms with E-state index in [1.807, 2.05) is 12.1 Å². The summed E-state index contributed by atoms with van der Waals surface area (Å²) in [7, 11) is 0. The van der Waals surface area contributed by atoms with Crippen molar-refractivity contribution in [3.05, 3.63) is 34.9 Å². The predicted octanol–water partition coefficient (Wildman–Crippen LogP) is 5.87. The van der Waals surface area contributed by atoms with Crippen LogP contribution in [0.4, 0.5) is 0 Å². The van der Waals surface area contributed by atoms with E-state index in [0.717, 1.165) is 35.3 Å². The average molecular weight is 470 g/mol. The second-order valence-corrected chi connectivity index (χ2v) is 12.0. The van der Waals surface area contributed by atoms with E-state index in [1.165, 1.54) is 25.7 Å². The molecule has 0 spiro atoms. The van der Waals surface area contributed by atoms with E-state index in [4.69, 9.17) is 4.74 Å². The van der Waals surface area contributed by atoms with Crippen LogP contribution in [0.5, 0.6) is 11.5 Å². The zero-order valence-electron chi connectivity index (χ0n) is 21.6. The molecule has 1 heterocycles. The number of carbonyl (C=O) groups is 1. The Hall–Kier alpha value is -2.01. The quantitative estimate of drug-likeness (QED) is 0.416. The Bertz CT molecular complexity index is 942. The summed E-state index contributed by atoms with van der Waals surface area (Å²) in [5, 5.41) is 23.8. The van der Waals surface area contributed by atoms with E-state index in [-0.39, 0.29) is 40.9 Å². The molecule has 2 aliphatic carbocycles. The summed E-state index contributed by atoms with van der Waals surface area (Å²) in [4.78, 5) is 12.9. The Balaban J connectivity index is 1.57. The van der Waals surface area contributed by atoms with E-state index < -0.39 is 0 Å². The Kier molecular flexibility index (Phi) is 7.06. The third-order valence-electron chi connectivity index (χ3n) is 8.48. The van der Waals surface area contributed by atoms with E-state index in [9.17, 15) is 15.0 Å². The van der Waals surface area contributed by atoms with E-state index in [1.54, 1.807) is 0 Å². The first-order chi connectivity index (χ1) is 16.0. The third kappa shape index (κ3) is 5.00. The van der Waals surface area contributed by atoms with Crippen molar-refractivity contribution < 1.29 is 19.7 Å². The molecule has 1 fully saturated rings. The van der Waals surface area contributed by atoms with Gasteiger partial charge in [-0.2, -0.15) is 0 Å². The molecule has 0 radical (unpaired) electrons. The summed E-state index contributed by atoms with van der Waals surface area (Å²) in [5.74, 6) is 1.26. The van der Waals surface area contributed by atoms with Crippen molar-refractivity contribution in [2.75, 3.05) is 0 Å².